The standard InChI is InChI=1S/C14H12BrF2NO/c15-10-2-3-11(16)14(8-10)19-13-4-1-9(5-6-18)7-12(13)17/h1-4,7-8H,5-6,18H2. The Hall–Kier alpha value is -1.46. The van der Waals surface area contributed by atoms with Crippen molar-refractivity contribution in [2.75, 3.05) is 6.54 Å². The normalized spacial score (nSPS) is 10.5. The molecule has 0 atom stereocenters. The first-order valence-electron chi connectivity index (χ1n) is 5.71. The second kappa shape index (κ2) is 6.12. The van der Waals surface area contributed by atoms with Crippen LogP contribution in [0.3, 0.4) is 0 Å². The molecule has 2 nitrogen and oxygen atoms in total. The van der Waals surface area contributed by atoms with Gasteiger partial charge in [-0.1, -0.05) is 22.0 Å². The molecule has 0 radical (unpaired) electrons. The fourth-order valence-corrected chi connectivity index (χ4v) is 1.96. The van der Waals surface area contributed by atoms with Gasteiger partial charge in [0, 0.05) is 4.47 Å². The zero-order valence-corrected chi connectivity index (χ0v) is 11.6. The number of benzene rings is 2. The number of hydrogen-bond acceptors (Lipinski definition) is 2. The Morgan fingerprint density at radius 2 is 1.79 bits per heavy atom. The maximum atomic E-state index is 13.8. The predicted octanol–water partition coefficient (Wildman–Crippen LogP) is 4.02. The van der Waals surface area contributed by atoms with E-state index in [0.717, 1.165) is 5.56 Å². The van der Waals surface area contributed by atoms with Crippen LogP contribution in [0.2, 0.25) is 0 Å². The molecule has 5 heteroatoms. The molecule has 100 valence electrons. The molecule has 19 heavy (non-hydrogen) atoms. The Morgan fingerprint density at radius 3 is 2.47 bits per heavy atom. The lowest BCUT2D eigenvalue weighted by molar-refractivity contribution is 0.414. The lowest BCUT2D eigenvalue weighted by atomic mass is 10.1. The molecule has 0 amide bonds. The van der Waals surface area contributed by atoms with Gasteiger partial charge < -0.3 is 10.5 Å². The van der Waals surface area contributed by atoms with Crippen molar-refractivity contribution < 1.29 is 13.5 Å². The highest BCUT2D eigenvalue weighted by molar-refractivity contribution is 9.10. The van der Waals surface area contributed by atoms with Crippen molar-refractivity contribution in [2.24, 2.45) is 5.73 Å². The number of halogens is 3. The fraction of sp³-hybridized carbons (Fsp3) is 0.143. The molecule has 0 aliphatic carbocycles. The summed E-state index contributed by atoms with van der Waals surface area (Å²) in [5.74, 6) is -1.13. The minimum atomic E-state index is -0.548. The van der Waals surface area contributed by atoms with Crippen molar-refractivity contribution in [1.29, 1.82) is 0 Å². The van der Waals surface area contributed by atoms with Crippen LogP contribution < -0.4 is 10.5 Å². The zero-order chi connectivity index (χ0) is 13.8. The third-order valence-electron chi connectivity index (χ3n) is 2.54. The third-order valence-corrected chi connectivity index (χ3v) is 3.04. The zero-order valence-electron chi connectivity index (χ0n) is 10.00. The first kappa shape index (κ1) is 14.0. The summed E-state index contributed by atoms with van der Waals surface area (Å²) in [6.45, 7) is 0.444. The van der Waals surface area contributed by atoms with Gasteiger partial charge in [-0.05, 0) is 48.9 Å². The van der Waals surface area contributed by atoms with Gasteiger partial charge in [0.25, 0.3) is 0 Å². The molecule has 0 fully saturated rings. The number of rotatable bonds is 4. The molecule has 0 bridgehead atoms. The van der Waals surface area contributed by atoms with Gasteiger partial charge in [-0.25, -0.2) is 8.78 Å². The van der Waals surface area contributed by atoms with E-state index in [0.29, 0.717) is 17.4 Å². The van der Waals surface area contributed by atoms with Crippen LogP contribution in [0.25, 0.3) is 0 Å². The summed E-state index contributed by atoms with van der Waals surface area (Å²) in [5.41, 5.74) is 6.18. The molecular formula is C14H12BrF2NO. The van der Waals surface area contributed by atoms with Crippen molar-refractivity contribution in [3.63, 3.8) is 0 Å². The van der Waals surface area contributed by atoms with Crippen LogP contribution in [0.4, 0.5) is 8.78 Å². The molecule has 2 rings (SSSR count). The first-order chi connectivity index (χ1) is 9.10. The molecule has 2 aromatic carbocycles. The molecule has 2 aromatic rings. The average molecular weight is 328 g/mol. The third kappa shape index (κ3) is 3.52. The summed E-state index contributed by atoms with van der Waals surface area (Å²) in [7, 11) is 0. The summed E-state index contributed by atoms with van der Waals surface area (Å²) in [6, 6.07) is 8.77. The van der Waals surface area contributed by atoms with Gasteiger partial charge in [0.05, 0.1) is 0 Å². The van der Waals surface area contributed by atoms with E-state index in [2.05, 4.69) is 15.9 Å². The van der Waals surface area contributed by atoms with Crippen molar-refractivity contribution >= 4 is 15.9 Å². The highest BCUT2D eigenvalue weighted by atomic mass is 79.9. The van der Waals surface area contributed by atoms with E-state index in [1.165, 1.54) is 24.3 Å². The van der Waals surface area contributed by atoms with Crippen LogP contribution in [0.5, 0.6) is 11.5 Å². The van der Waals surface area contributed by atoms with E-state index in [4.69, 9.17) is 10.5 Å². The van der Waals surface area contributed by atoms with Crippen molar-refractivity contribution in [2.45, 2.75) is 6.42 Å². The molecule has 0 saturated carbocycles. The Kier molecular flexibility index (Phi) is 4.50. The monoisotopic (exact) mass is 327 g/mol. The van der Waals surface area contributed by atoms with Gasteiger partial charge in [-0.15, -0.1) is 0 Å². The minimum Gasteiger partial charge on any atom is -0.451 e. The smallest absolute Gasteiger partial charge is 0.165 e. The molecule has 0 aliphatic heterocycles. The van der Waals surface area contributed by atoms with Gasteiger partial charge in [-0.3, -0.25) is 0 Å². The SMILES string of the molecule is NCCc1ccc(Oc2cc(Br)ccc2F)c(F)c1. The number of nitrogens with two attached hydrogens (primary N) is 1. The summed E-state index contributed by atoms with van der Waals surface area (Å²) < 4.78 is 33.2. The van der Waals surface area contributed by atoms with Gasteiger partial charge in [0.15, 0.2) is 23.1 Å². The molecule has 0 aromatic heterocycles. The van der Waals surface area contributed by atoms with E-state index in [-0.39, 0.29) is 11.5 Å². The molecule has 0 saturated heterocycles. The lowest BCUT2D eigenvalue weighted by Gasteiger charge is -2.09. The maximum Gasteiger partial charge on any atom is 0.165 e. The van der Waals surface area contributed by atoms with Crippen LogP contribution in [0.1, 0.15) is 5.56 Å². The highest BCUT2D eigenvalue weighted by Gasteiger charge is 2.10. The predicted molar refractivity (Wildman–Crippen MR) is 73.3 cm³/mol. The molecule has 0 spiro atoms. The van der Waals surface area contributed by atoms with E-state index in [1.807, 2.05) is 0 Å². The fourth-order valence-electron chi connectivity index (χ4n) is 1.62. The summed E-state index contributed by atoms with van der Waals surface area (Å²) in [4.78, 5) is 0. The Bertz CT molecular complexity index is 590. The van der Waals surface area contributed by atoms with Crippen LogP contribution in [-0.2, 0) is 6.42 Å². The minimum absolute atomic E-state index is 0.0160. The highest BCUT2D eigenvalue weighted by Crippen LogP contribution is 2.29. The van der Waals surface area contributed by atoms with Gasteiger partial charge in [0.1, 0.15) is 0 Å². The second-order valence-electron chi connectivity index (χ2n) is 3.98. The van der Waals surface area contributed by atoms with Gasteiger partial charge in [-0.2, -0.15) is 0 Å². The van der Waals surface area contributed by atoms with Gasteiger partial charge >= 0.3 is 0 Å². The second-order valence-corrected chi connectivity index (χ2v) is 4.90. The Balaban J connectivity index is 2.25. The summed E-state index contributed by atoms with van der Waals surface area (Å²) in [5, 5.41) is 0. The number of ether oxygens (including phenoxy) is 1. The molecule has 2 N–H and O–H groups in total. The Labute approximate surface area is 118 Å². The molecule has 0 aliphatic rings. The summed E-state index contributed by atoms with van der Waals surface area (Å²) in [6.07, 6.45) is 0.586. The Morgan fingerprint density at radius 1 is 1.00 bits per heavy atom. The van der Waals surface area contributed by atoms with Crippen molar-refractivity contribution in [1.82, 2.24) is 0 Å². The van der Waals surface area contributed by atoms with Crippen LogP contribution in [0.15, 0.2) is 40.9 Å². The quantitative estimate of drug-likeness (QED) is 0.920. The van der Waals surface area contributed by atoms with Crippen LogP contribution in [0, 0.1) is 11.6 Å². The number of hydrogen-bond donors (Lipinski definition) is 1. The van der Waals surface area contributed by atoms with Gasteiger partial charge in [0.2, 0.25) is 0 Å². The van der Waals surface area contributed by atoms with Crippen LogP contribution >= 0.6 is 15.9 Å². The van der Waals surface area contributed by atoms with E-state index >= 15 is 0 Å². The van der Waals surface area contributed by atoms with Crippen molar-refractivity contribution in [3.05, 3.63) is 58.1 Å². The average Bonchev–Trinajstić information content (AvgIpc) is 2.37. The maximum absolute atomic E-state index is 13.8. The molecule has 0 unspecified atom stereocenters. The van der Waals surface area contributed by atoms with Crippen LogP contribution in [-0.4, -0.2) is 6.54 Å². The van der Waals surface area contributed by atoms with E-state index < -0.39 is 11.6 Å². The molecular weight excluding hydrogens is 316 g/mol. The summed E-state index contributed by atoms with van der Waals surface area (Å²) >= 11 is 3.21. The largest absolute Gasteiger partial charge is 0.451 e. The van der Waals surface area contributed by atoms with Crippen molar-refractivity contribution in [3.8, 4) is 11.5 Å². The topological polar surface area (TPSA) is 35.2 Å². The lowest BCUT2D eigenvalue weighted by Crippen LogP contribution is -2.03. The van der Waals surface area contributed by atoms with E-state index in [1.54, 1.807) is 12.1 Å². The molecule has 0 heterocycles. The van der Waals surface area contributed by atoms with E-state index in [9.17, 15) is 8.78 Å². The first-order valence-corrected chi connectivity index (χ1v) is 6.51.